The van der Waals surface area contributed by atoms with Crippen molar-refractivity contribution in [3.8, 4) is 5.75 Å². The molecule has 0 aliphatic rings. The molecule has 0 aromatic heterocycles. The third-order valence-electron chi connectivity index (χ3n) is 4.50. The molecule has 0 saturated heterocycles. The Morgan fingerprint density at radius 2 is 1.71 bits per heavy atom. The maximum Gasteiger partial charge on any atom is 0.418 e. The van der Waals surface area contributed by atoms with Crippen molar-refractivity contribution < 1.29 is 18.3 Å². The first-order chi connectivity index (χ1) is 13.1. The third-order valence-corrected chi connectivity index (χ3v) is 4.50. The third kappa shape index (κ3) is 3.78. The molecule has 0 aliphatic carbocycles. The van der Waals surface area contributed by atoms with Crippen LogP contribution in [0.25, 0.3) is 10.8 Å². The van der Waals surface area contributed by atoms with E-state index in [1.54, 1.807) is 24.3 Å². The lowest BCUT2D eigenvalue weighted by Gasteiger charge is -2.13. The molecule has 0 bridgehead atoms. The molecule has 3 aromatic rings. The number of anilines is 1. The van der Waals surface area contributed by atoms with E-state index >= 15 is 0 Å². The fourth-order valence-corrected chi connectivity index (χ4v) is 3.03. The van der Waals surface area contributed by atoms with Crippen molar-refractivity contribution in [2.75, 3.05) is 5.73 Å². The van der Waals surface area contributed by atoms with Crippen LogP contribution in [0.2, 0.25) is 0 Å². The Hall–Kier alpha value is -3.09. The van der Waals surface area contributed by atoms with Gasteiger partial charge in [-0.15, -0.1) is 10.2 Å². The Morgan fingerprint density at radius 3 is 2.36 bits per heavy atom. The highest BCUT2D eigenvalue weighted by Gasteiger charge is 2.34. The van der Waals surface area contributed by atoms with Crippen LogP contribution in [0, 0.1) is 6.92 Å². The van der Waals surface area contributed by atoms with Crippen molar-refractivity contribution in [1.82, 2.24) is 0 Å². The lowest BCUT2D eigenvalue weighted by molar-refractivity contribution is -0.137. The Bertz CT molecular complexity index is 1070. The van der Waals surface area contributed by atoms with Crippen LogP contribution in [0.5, 0.6) is 5.75 Å². The molecule has 3 aromatic carbocycles. The van der Waals surface area contributed by atoms with Crippen molar-refractivity contribution in [2.24, 2.45) is 10.2 Å². The Morgan fingerprint density at radius 1 is 1.00 bits per heavy atom. The maximum absolute atomic E-state index is 13.5. The molecule has 0 unspecified atom stereocenters. The van der Waals surface area contributed by atoms with E-state index in [0.29, 0.717) is 16.3 Å². The number of azo groups is 1. The molecule has 3 N–H and O–H groups in total. The van der Waals surface area contributed by atoms with Crippen molar-refractivity contribution >= 4 is 27.8 Å². The molecule has 0 radical (unpaired) electrons. The molecule has 0 spiro atoms. The van der Waals surface area contributed by atoms with Gasteiger partial charge in [0.1, 0.15) is 11.4 Å². The number of nitrogens with zero attached hydrogens (tertiary/aromatic N) is 2. The first-order valence-corrected chi connectivity index (χ1v) is 8.72. The molecular formula is C21H20F3N3O. The number of fused-ring (bicyclic) bond motifs is 1. The maximum atomic E-state index is 13.5. The zero-order chi connectivity index (χ0) is 20.6. The van der Waals surface area contributed by atoms with Crippen molar-refractivity contribution in [3.05, 3.63) is 59.2 Å². The molecule has 7 heteroatoms. The summed E-state index contributed by atoms with van der Waals surface area (Å²) >= 11 is 0. The average Bonchev–Trinajstić information content (AvgIpc) is 2.60. The topological polar surface area (TPSA) is 71.0 Å². The van der Waals surface area contributed by atoms with Crippen LogP contribution >= 0.6 is 0 Å². The normalized spacial score (nSPS) is 12.4. The van der Waals surface area contributed by atoms with Crippen LogP contribution in [-0.2, 0) is 6.18 Å². The van der Waals surface area contributed by atoms with Gasteiger partial charge >= 0.3 is 6.18 Å². The summed E-state index contributed by atoms with van der Waals surface area (Å²) in [5, 5.41) is 19.1. The number of hydrogen-bond acceptors (Lipinski definition) is 4. The van der Waals surface area contributed by atoms with E-state index in [0.717, 1.165) is 11.6 Å². The molecule has 0 heterocycles. The number of nitrogens with two attached hydrogens (primary N) is 1. The van der Waals surface area contributed by atoms with Gasteiger partial charge in [-0.1, -0.05) is 32.0 Å². The zero-order valence-corrected chi connectivity index (χ0v) is 15.7. The summed E-state index contributed by atoms with van der Waals surface area (Å²) in [5.74, 6) is -0.108. The van der Waals surface area contributed by atoms with Gasteiger partial charge in [-0.05, 0) is 53.6 Å². The molecule has 4 nitrogen and oxygen atoms in total. The van der Waals surface area contributed by atoms with Crippen molar-refractivity contribution in [1.29, 1.82) is 0 Å². The van der Waals surface area contributed by atoms with Gasteiger partial charge in [0.15, 0.2) is 0 Å². The van der Waals surface area contributed by atoms with Crippen LogP contribution in [0.4, 0.5) is 30.2 Å². The summed E-state index contributed by atoms with van der Waals surface area (Å²) in [6.45, 7) is 5.46. The number of aromatic hydroxyl groups is 1. The summed E-state index contributed by atoms with van der Waals surface area (Å²) in [4.78, 5) is 0. The highest BCUT2D eigenvalue weighted by molar-refractivity contribution is 6.02. The highest BCUT2D eigenvalue weighted by atomic mass is 19.4. The summed E-state index contributed by atoms with van der Waals surface area (Å²) in [6, 6.07) is 10.7. The smallest absolute Gasteiger partial charge is 0.418 e. The summed E-state index contributed by atoms with van der Waals surface area (Å²) in [5.41, 5.74) is 6.53. The Kier molecular flexibility index (Phi) is 5.02. The quantitative estimate of drug-likeness (QED) is 0.375. The van der Waals surface area contributed by atoms with Crippen LogP contribution in [0.1, 0.15) is 36.5 Å². The van der Waals surface area contributed by atoms with Crippen molar-refractivity contribution in [3.63, 3.8) is 0 Å². The van der Waals surface area contributed by atoms with Gasteiger partial charge in [0.25, 0.3) is 0 Å². The second-order valence-corrected chi connectivity index (χ2v) is 7.01. The van der Waals surface area contributed by atoms with E-state index in [2.05, 4.69) is 10.2 Å². The van der Waals surface area contributed by atoms with Gasteiger partial charge < -0.3 is 10.8 Å². The highest BCUT2D eigenvalue weighted by Crippen LogP contribution is 2.42. The number of aryl methyl sites for hydroxylation is 1. The molecule has 146 valence electrons. The molecule has 3 rings (SSSR count). The predicted octanol–water partition coefficient (Wildman–Crippen LogP) is 6.99. The van der Waals surface area contributed by atoms with E-state index in [9.17, 15) is 18.3 Å². The molecule has 0 atom stereocenters. The summed E-state index contributed by atoms with van der Waals surface area (Å²) in [6.07, 6.45) is -4.57. The predicted molar refractivity (Wildman–Crippen MR) is 104 cm³/mol. The second kappa shape index (κ2) is 7.14. The minimum absolute atomic E-state index is 0.0533. The molecule has 0 aliphatic heterocycles. The minimum atomic E-state index is -4.57. The SMILES string of the molecule is Cc1cc(O)c2c(N=Nc3ccc(C(C)C)cc3C(F)(F)F)c(N)ccc2c1. The average molecular weight is 387 g/mol. The van der Waals surface area contributed by atoms with E-state index in [1.807, 2.05) is 26.8 Å². The molecule has 28 heavy (non-hydrogen) atoms. The van der Waals surface area contributed by atoms with Crippen LogP contribution in [0.3, 0.4) is 0 Å². The number of benzene rings is 3. The number of phenols is 1. The molecule has 0 fully saturated rings. The van der Waals surface area contributed by atoms with Gasteiger partial charge in [-0.3, -0.25) is 0 Å². The van der Waals surface area contributed by atoms with Crippen LogP contribution in [0.15, 0.2) is 52.7 Å². The lowest BCUT2D eigenvalue weighted by Crippen LogP contribution is -2.06. The first kappa shape index (κ1) is 19.7. The number of halogens is 3. The summed E-state index contributed by atoms with van der Waals surface area (Å²) in [7, 11) is 0. The fraction of sp³-hybridized carbons (Fsp3) is 0.238. The minimum Gasteiger partial charge on any atom is -0.507 e. The molecule has 0 amide bonds. The standard InChI is InChI=1S/C21H20F3N3O/c1-11(2)13-5-7-17(15(10-13)21(22,23)24)26-27-20-16(25)6-4-14-8-12(3)9-18(28)19(14)20/h4-11,28H,25H2,1-3H3. The fourth-order valence-electron chi connectivity index (χ4n) is 3.03. The lowest BCUT2D eigenvalue weighted by atomic mass is 9.99. The van der Waals surface area contributed by atoms with Gasteiger partial charge in [0.05, 0.1) is 22.3 Å². The van der Waals surface area contributed by atoms with E-state index < -0.39 is 11.7 Å². The van der Waals surface area contributed by atoms with Crippen LogP contribution in [-0.4, -0.2) is 5.11 Å². The largest absolute Gasteiger partial charge is 0.507 e. The number of rotatable bonds is 3. The number of nitrogen functional groups attached to an aromatic ring is 1. The van der Waals surface area contributed by atoms with Gasteiger partial charge in [0, 0.05) is 0 Å². The first-order valence-electron chi connectivity index (χ1n) is 8.72. The number of alkyl halides is 3. The van der Waals surface area contributed by atoms with E-state index in [4.69, 9.17) is 5.73 Å². The Labute approximate surface area is 160 Å². The molecule has 0 saturated carbocycles. The van der Waals surface area contributed by atoms with Gasteiger partial charge in [-0.2, -0.15) is 13.2 Å². The monoisotopic (exact) mass is 387 g/mol. The van der Waals surface area contributed by atoms with Crippen molar-refractivity contribution in [2.45, 2.75) is 32.9 Å². The zero-order valence-electron chi connectivity index (χ0n) is 15.7. The van der Waals surface area contributed by atoms with Gasteiger partial charge in [-0.25, -0.2) is 0 Å². The second-order valence-electron chi connectivity index (χ2n) is 7.01. The Balaban J connectivity index is 2.16. The molecular weight excluding hydrogens is 367 g/mol. The van der Waals surface area contributed by atoms with Gasteiger partial charge in [0.2, 0.25) is 0 Å². The van der Waals surface area contributed by atoms with Crippen LogP contribution < -0.4 is 5.73 Å². The van der Waals surface area contributed by atoms with E-state index in [1.165, 1.54) is 6.07 Å². The summed E-state index contributed by atoms with van der Waals surface area (Å²) < 4.78 is 40.5. The van der Waals surface area contributed by atoms with E-state index in [-0.39, 0.29) is 28.7 Å². The number of hydrogen-bond donors (Lipinski definition) is 2. The number of phenolic OH excluding ortho intramolecular Hbond substituents is 1.